The van der Waals surface area contributed by atoms with Crippen molar-refractivity contribution in [2.45, 2.75) is 43.4 Å². The molecule has 0 amide bonds. The Kier molecular flexibility index (Phi) is 7.04. The summed E-state index contributed by atoms with van der Waals surface area (Å²) < 4.78 is 27.7. The van der Waals surface area contributed by atoms with Gasteiger partial charge in [0.1, 0.15) is 30.1 Å². The number of hydrogen-bond acceptors (Lipinski definition) is 12. The second-order valence-corrected chi connectivity index (χ2v) is 8.10. The smallest absolute Gasteiger partial charge is 0.469 e. The number of imidazole rings is 1. The number of carbonyl (C=O) groups is 2. The average molecular weight is 476 g/mol. The van der Waals surface area contributed by atoms with Gasteiger partial charge in [0.2, 0.25) is 0 Å². The van der Waals surface area contributed by atoms with E-state index in [1.54, 1.807) is 0 Å². The Morgan fingerprint density at radius 1 is 1.31 bits per heavy atom. The number of carboxylic acids is 1. The predicted octanol–water partition coefficient (Wildman–Crippen LogP) is -2.12. The fourth-order valence-corrected chi connectivity index (χ4v) is 3.42. The van der Waals surface area contributed by atoms with E-state index < -0.39 is 63.4 Å². The summed E-state index contributed by atoms with van der Waals surface area (Å²) in [4.78, 5) is 52.8. The van der Waals surface area contributed by atoms with E-state index in [0.717, 1.165) is 6.33 Å². The van der Waals surface area contributed by atoms with Crippen molar-refractivity contribution in [1.82, 2.24) is 19.5 Å². The molecule has 176 valence electrons. The molecule has 3 heterocycles. The van der Waals surface area contributed by atoms with Crippen LogP contribution in [0.5, 0.6) is 0 Å². The molecule has 0 bridgehead atoms. The molecule has 1 fully saturated rings. The Hall–Kier alpha value is -2.72. The number of esters is 1. The third-order valence-corrected chi connectivity index (χ3v) is 5.09. The molecule has 8 N–H and O–H groups in total. The maximum Gasteiger partial charge on any atom is 0.469 e. The fourth-order valence-electron chi connectivity index (χ4n) is 3.07. The van der Waals surface area contributed by atoms with Crippen LogP contribution in [0.15, 0.2) is 12.7 Å². The molecule has 32 heavy (non-hydrogen) atoms. The van der Waals surface area contributed by atoms with Crippen molar-refractivity contribution in [2.24, 2.45) is 5.73 Å². The van der Waals surface area contributed by atoms with Crippen LogP contribution < -0.4 is 11.5 Å². The normalized spacial score (nSPS) is 24.5. The number of rotatable bonds is 9. The minimum Gasteiger partial charge on any atom is -0.481 e. The van der Waals surface area contributed by atoms with Crippen LogP contribution in [0, 0.1) is 0 Å². The number of nitrogens with zero attached hydrogens (tertiary/aromatic N) is 4. The molecule has 2 aromatic heterocycles. The zero-order valence-corrected chi connectivity index (χ0v) is 17.2. The first-order valence-electron chi connectivity index (χ1n) is 9.12. The van der Waals surface area contributed by atoms with Crippen molar-refractivity contribution < 1.29 is 48.2 Å². The Balaban J connectivity index is 1.83. The minimum atomic E-state index is -4.91. The highest BCUT2D eigenvalue weighted by molar-refractivity contribution is 7.46. The zero-order valence-electron chi connectivity index (χ0n) is 16.3. The number of hydrogen-bond donors (Lipinski definition) is 6. The van der Waals surface area contributed by atoms with Crippen LogP contribution in [0.3, 0.4) is 0 Å². The zero-order chi connectivity index (χ0) is 23.6. The van der Waals surface area contributed by atoms with Crippen LogP contribution in [-0.4, -0.2) is 82.4 Å². The molecule has 1 aliphatic rings. The van der Waals surface area contributed by atoms with Crippen molar-refractivity contribution in [1.29, 1.82) is 0 Å². The molecule has 3 rings (SSSR count). The number of fused-ring (bicyclic) bond motifs is 1. The van der Waals surface area contributed by atoms with Gasteiger partial charge in [-0.25, -0.2) is 19.5 Å². The molecule has 0 unspecified atom stereocenters. The predicted molar refractivity (Wildman–Crippen MR) is 102 cm³/mol. The third kappa shape index (κ3) is 5.36. The maximum atomic E-state index is 12.3. The standard InChI is InChI=1S/C15H21N6O10P/c16-6(1-2-8(22)23)15(25)31-11-7(3-29-32(26,27)28)30-14(10(11)24)21-5-20-9-12(17)18-4-19-13(9)21/h4-7,10-11,14,24H,1-3,16H2,(H,22,23)(H2,17,18,19)(H2,26,27,28)/t6-,7+,10+,11+,14+/m0/s1. The van der Waals surface area contributed by atoms with Crippen molar-refractivity contribution in [3.63, 3.8) is 0 Å². The number of phosphoric ester groups is 1. The van der Waals surface area contributed by atoms with E-state index in [0.29, 0.717) is 0 Å². The Labute approximate surface area is 179 Å². The molecule has 2 aromatic rings. The van der Waals surface area contributed by atoms with Crippen molar-refractivity contribution >= 4 is 36.7 Å². The maximum absolute atomic E-state index is 12.3. The van der Waals surface area contributed by atoms with Crippen molar-refractivity contribution in [3.05, 3.63) is 12.7 Å². The summed E-state index contributed by atoms with van der Waals surface area (Å²) in [7, 11) is -4.91. The number of ether oxygens (including phenoxy) is 2. The lowest BCUT2D eigenvalue weighted by Crippen LogP contribution is -2.43. The Bertz CT molecular complexity index is 1040. The summed E-state index contributed by atoms with van der Waals surface area (Å²) in [6.07, 6.45) is -3.83. The highest BCUT2D eigenvalue weighted by atomic mass is 31.2. The second-order valence-electron chi connectivity index (χ2n) is 6.87. The molecule has 1 aliphatic heterocycles. The van der Waals surface area contributed by atoms with Gasteiger partial charge in [-0.3, -0.25) is 18.7 Å². The number of aliphatic hydroxyl groups is 1. The molecule has 0 spiro atoms. The molecule has 1 saturated heterocycles. The molecular weight excluding hydrogens is 455 g/mol. The van der Waals surface area contributed by atoms with E-state index in [1.807, 2.05) is 0 Å². The number of nitrogens with two attached hydrogens (primary N) is 2. The number of anilines is 1. The molecule has 0 aliphatic carbocycles. The summed E-state index contributed by atoms with van der Waals surface area (Å²) in [5.74, 6) is -2.14. The van der Waals surface area contributed by atoms with E-state index in [-0.39, 0.29) is 23.4 Å². The number of nitrogen functional groups attached to an aromatic ring is 1. The second kappa shape index (κ2) is 9.41. The lowest BCUT2D eigenvalue weighted by molar-refractivity contribution is -0.158. The summed E-state index contributed by atoms with van der Waals surface area (Å²) in [5.41, 5.74) is 11.8. The monoisotopic (exact) mass is 476 g/mol. The highest BCUT2D eigenvalue weighted by Gasteiger charge is 2.48. The molecular formula is C15H21N6O10P. The van der Waals surface area contributed by atoms with Crippen LogP contribution in [0.2, 0.25) is 0 Å². The van der Waals surface area contributed by atoms with Gasteiger partial charge < -0.3 is 40.9 Å². The van der Waals surface area contributed by atoms with Crippen LogP contribution in [-0.2, 0) is 28.2 Å². The number of aliphatic hydroxyl groups excluding tert-OH is 1. The summed E-state index contributed by atoms with van der Waals surface area (Å²) in [6, 6.07) is -1.32. The number of aliphatic carboxylic acids is 1. The number of phosphoric acid groups is 1. The van der Waals surface area contributed by atoms with Gasteiger partial charge in [-0.15, -0.1) is 0 Å². The van der Waals surface area contributed by atoms with Gasteiger partial charge in [0.25, 0.3) is 0 Å². The van der Waals surface area contributed by atoms with Crippen LogP contribution in [0.4, 0.5) is 5.82 Å². The summed E-state index contributed by atoms with van der Waals surface area (Å²) >= 11 is 0. The third-order valence-electron chi connectivity index (χ3n) is 4.60. The summed E-state index contributed by atoms with van der Waals surface area (Å²) in [5, 5.41) is 19.5. The molecule has 17 heteroatoms. The highest BCUT2D eigenvalue weighted by Crippen LogP contribution is 2.39. The summed E-state index contributed by atoms with van der Waals surface area (Å²) in [6.45, 7) is -0.746. The molecule has 0 saturated carbocycles. The quantitative estimate of drug-likeness (QED) is 0.167. The SMILES string of the molecule is Nc1ncnc2c1ncn2[C@@H]1O[C@H](COP(=O)(O)O)[C@@H](OC(=O)[C@@H](N)CCC(=O)O)[C@H]1O. The van der Waals surface area contributed by atoms with Gasteiger partial charge in [-0.1, -0.05) is 0 Å². The van der Waals surface area contributed by atoms with Crippen LogP contribution >= 0.6 is 7.82 Å². The van der Waals surface area contributed by atoms with E-state index in [9.17, 15) is 19.3 Å². The van der Waals surface area contributed by atoms with E-state index >= 15 is 0 Å². The Morgan fingerprint density at radius 3 is 2.69 bits per heavy atom. The molecule has 5 atom stereocenters. The van der Waals surface area contributed by atoms with Gasteiger partial charge in [-0.2, -0.15) is 0 Å². The first-order chi connectivity index (χ1) is 15.0. The topological polar surface area (TPSA) is 255 Å². The molecule has 0 radical (unpaired) electrons. The molecule has 16 nitrogen and oxygen atoms in total. The van der Waals surface area contributed by atoms with E-state index in [4.69, 9.17) is 35.8 Å². The van der Waals surface area contributed by atoms with Crippen LogP contribution in [0.25, 0.3) is 11.2 Å². The van der Waals surface area contributed by atoms with Gasteiger partial charge in [0.15, 0.2) is 23.8 Å². The molecule has 0 aromatic carbocycles. The van der Waals surface area contributed by atoms with Crippen molar-refractivity contribution in [3.8, 4) is 0 Å². The minimum absolute atomic E-state index is 0.0648. The average Bonchev–Trinajstić information content (AvgIpc) is 3.26. The first-order valence-corrected chi connectivity index (χ1v) is 10.7. The van der Waals surface area contributed by atoms with E-state index in [1.165, 1.54) is 10.9 Å². The number of carbonyl (C=O) groups excluding carboxylic acids is 1. The number of carboxylic acid groups (broad SMARTS) is 1. The number of aromatic nitrogens is 4. The largest absolute Gasteiger partial charge is 0.481 e. The fraction of sp³-hybridized carbons (Fsp3) is 0.533. The van der Waals surface area contributed by atoms with Crippen molar-refractivity contribution in [2.75, 3.05) is 12.3 Å². The van der Waals surface area contributed by atoms with Gasteiger partial charge in [0.05, 0.1) is 12.9 Å². The lowest BCUT2D eigenvalue weighted by atomic mass is 10.1. The van der Waals surface area contributed by atoms with E-state index in [2.05, 4.69) is 19.5 Å². The van der Waals surface area contributed by atoms with Gasteiger partial charge in [-0.05, 0) is 6.42 Å². The van der Waals surface area contributed by atoms with Crippen LogP contribution in [0.1, 0.15) is 19.1 Å². The lowest BCUT2D eigenvalue weighted by Gasteiger charge is -2.22. The van der Waals surface area contributed by atoms with Gasteiger partial charge >= 0.3 is 19.8 Å². The Morgan fingerprint density at radius 2 is 2.03 bits per heavy atom. The first kappa shape index (κ1) is 23.9. The van der Waals surface area contributed by atoms with Gasteiger partial charge in [0, 0.05) is 6.42 Å².